The Morgan fingerprint density at radius 1 is 0.857 bits per heavy atom. The van der Waals surface area contributed by atoms with Crippen LogP contribution in [0.5, 0.6) is 5.88 Å². The van der Waals surface area contributed by atoms with Crippen LogP contribution in [0.2, 0.25) is 0 Å². The lowest BCUT2D eigenvalue weighted by Gasteiger charge is -2.11. The Bertz CT molecular complexity index is 735. The zero-order valence-corrected chi connectivity index (χ0v) is 12.5. The monoisotopic (exact) mass is 278 g/mol. The lowest BCUT2D eigenvalue weighted by atomic mass is 10.2. The Morgan fingerprint density at radius 3 is 2.33 bits per heavy atom. The molecule has 3 aromatic rings. The van der Waals surface area contributed by atoms with Crippen LogP contribution in [0.25, 0.3) is 10.9 Å². The molecule has 2 heteroatoms. The molecule has 21 heavy (non-hydrogen) atoms. The van der Waals surface area contributed by atoms with E-state index in [-0.39, 0.29) is 6.10 Å². The van der Waals surface area contributed by atoms with Gasteiger partial charge in [-0.15, -0.1) is 0 Å². The zero-order chi connectivity index (χ0) is 14.7. The third kappa shape index (κ3) is 3.05. The van der Waals surface area contributed by atoms with Crippen molar-refractivity contribution in [2.45, 2.75) is 26.5 Å². The van der Waals surface area contributed by atoms with Gasteiger partial charge >= 0.3 is 5.88 Å². The molecular formula is C19H20NO+. The van der Waals surface area contributed by atoms with Gasteiger partial charge in [0.05, 0.1) is 12.2 Å². The predicted molar refractivity (Wildman–Crippen MR) is 85.5 cm³/mol. The Balaban J connectivity index is 2.11. The first kappa shape index (κ1) is 13.6. The summed E-state index contributed by atoms with van der Waals surface area (Å²) in [6, 6.07) is 23.1. The van der Waals surface area contributed by atoms with Crippen molar-refractivity contribution in [3.63, 3.8) is 0 Å². The quantitative estimate of drug-likeness (QED) is 0.658. The highest BCUT2D eigenvalue weighted by Gasteiger charge is 2.18. The van der Waals surface area contributed by atoms with Crippen molar-refractivity contribution in [2.75, 3.05) is 0 Å². The normalized spacial score (nSPS) is 11.0. The summed E-state index contributed by atoms with van der Waals surface area (Å²) in [5, 5.41) is 1.23. The fourth-order valence-electron chi connectivity index (χ4n) is 2.52. The molecule has 2 nitrogen and oxygen atoms in total. The maximum Gasteiger partial charge on any atom is 0.368 e. The summed E-state index contributed by atoms with van der Waals surface area (Å²) in [6.07, 6.45) is 0.160. The molecule has 0 radical (unpaired) electrons. The fourth-order valence-corrected chi connectivity index (χ4v) is 2.52. The van der Waals surface area contributed by atoms with Gasteiger partial charge in [0.15, 0.2) is 6.54 Å². The molecule has 0 fully saturated rings. The predicted octanol–water partition coefficient (Wildman–Crippen LogP) is 3.96. The van der Waals surface area contributed by atoms with Gasteiger partial charge in [-0.3, -0.25) is 0 Å². The van der Waals surface area contributed by atoms with Gasteiger partial charge in [-0.25, -0.2) is 0 Å². The summed E-state index contributed by atoms with van der Waals surface area (Å²) < 4.78 is 8.23. The molecule has 0 aliphatic heterocycles. The summed E-state index contributed by atoms with van der Waals surface area (Å²) >= 11 is 0. The summed E-state index contributed by atoms with van der Waals surface area (Å²) in [4.78, 5) is 0. The molecular weight excluding hydrogens is 258 g/mol. The lowest BCUT2D eigenvalue weighted by Crippen LogP contribution is -2.38. The number of nitrogens with zero attached hydrogens (tertiary/aromatic N) is 1. The minimum Gasteiger partial charge on any atom is -0.442 e. The van der Waals surface area contributed by atoms with Crippen LogP contribution in [-0.2, 0) is 6.54 Å². The van der Waals surface area contributed by atoms with Crippen LogP contribution in [0.15, 0.2) is 66.7 Å². The van der Waals surface area contributed by atoms with Crippen molar-refractivity contribution >= 4 is 10.9 Å². The number of benzene rings is 2. The highest BCUT2D eigenvalue weighted by molar-refractivity contribution is 5.75. The number of para-hydroxylation sites is 1. The smallest absolute Gasteiger partial charge is 0.368 e. The second kappa shape index (κ2) is 5.96. The van der Waals surface area contributed by atoms with Crippen molar-refractivity contribution in [1.82, 2.24) is 0 Å². The molecule has 1 aromatic heterocycles. The van der Waals surface area contributed by atoms with Gasteiger partial charge in [0.2, 0.25) is 5.52 Å². The molecule has 0 atom stereocenters. The van der Waals surface area contributed by atoms with Gasteiger partial charge in [-0.1, -0.05) is 42.5 Å². The largest absolute Gasteiger partial charge is 0.442 e. The molecule has 0 amide bonds. The summed E-state index contributed by atoms with van der Waals surface area (Å²) in [5.74, 6) is 0.910. The number of ether oxygens (including phenoxy) is 1. The molecule has 0 bridgehead atoms. The van der Waals surface area contributed by atoms with Gasteiger partial charge in [0.25, 0.3) is 0 Å². The molecule has 1 heterocycles. The zero-order valence-electron chi connectivity index (χ0n) is 12.5. The minimum absolute atomic E-state index is 0.160. The maximum atomic E-state index is 5.99. The number of aromatic nitrogens is 1. The molecule has 0 aliphatic rings. The van der Waals surface area contributed by atoms with E-state index in [9.17, 15) is 0 Å². The minimum atomic E-state index is 0.160. The van der Waals surface area contributed by atoms with E-state index in [0.717, 1.165) is 12.4 Å². The van der Waals surface area contributed by atoms with Crippen molar-refractivity contribution in [1.29, 1.82) is 0 Å². The SMILES string of the molecule is CC(C)Oc1ccc2ccccc2[n+]1Cc1ccccc1. The van der Waals surface area contributed by atoms with E-state index in [0.29, 0.717) is 0 Å². The van der Waals surface area contributed by atoms with Gasteiger partial charge in [0.1, 0.15) is 0 Å². The van der Waals surface area contributed by atoms with Crippen molar-refractivity contribution in [3.8, 4) is 5.88 Å². The summed E-state index contributed by atoms with van der Waals surface area (Å²) in [7, 11) is 0. The van der Waals surface area contributed by atoms with Crippen LogP contribution >= 0.6 is 0 Å². The molecule has 3 rings (SSSR count). The highest BCUT2D eigenvalue weighted by Crippen LogP contribution is 2.16. The Hall–Kier alpha value is -2.35. The Kier molecular flexibility index (Phi) is 3.87. The van der Waals surface area contributed by atoms with E-state index in [1.165, 1.54) is 16.5 Å². The number of pyridine rings is 1. The molecule has 0 N–H and O–H groups in total. The maximum absolute atomic E-state index is 5.99. The van der Waals surface area contributed by atoms with Crippen LogP contribution in [0.4, 0.5) is 0 Å². The molecule has 0 unspecified atom stereocenters. The van der Waals surface area contributed by atoms with E-state index >= 15 is 0 Å². The first-order valence-corrected chi connectivity index (χ1v) is 7.36. The average molecular weight is 278 g/mol. The average Bonchev–Trinajstić information content (AvgIpc) is 2.50. The fraction of sp³-hybridized carbons (Fsp3) is 0.211. The van der Waals surface area contributed by atoms with Crippen LogP contribution < -0.4 is 9.30 Å². The Labute approximate surface area is 125 Å². The van der Waals surface area contributed by atoms with Gasteiger partial charge in [-0.05, 0) is 26.0 Å². The van der Waals surface area contributed by atoms with E-state index in [2.05, 4.69) is 79.1 Å². The standard InChI is InChI=1S/C19H20NO/c1-15(2)21-19-13-12-17-10-6-7-11-18(17)20(19)14-16-8-4-3-5-9-16/h3-13,15H,14H2,1-2H3/q+1. The van der Waals surface area contributed by atoms with Gasteiger partial charge < -0.3 is 4.74 Å². The third-order valence-corrected chi connectivity index (χ3v) is 3.44. The van der Waals surface area contributed by atoms with E-state index in [1.807, 2.05) is 6.07 Å². The second-order valence-corrected chi connectivity index (χ2v) is 5.47. The van der Waals surface area contributed by atoms with Crippen LogP contribution in [-0.4, -0.2) is 6.10 Å². The first-order valence-electron chi connectivity index (χ1n) is 7.36. The van der Waals surface area contributed by atoms with E-state index < -0.39 is 0 Å². The second-order valence-electron chi connectivity index (χ2n) is 5.47. The van der Waals surface area contributed by atoms with Crippen LogP contribution in [0.1, 0.15) is 19.4 Å². The summed E-state index contributed by atoms with van der Waals surface area (Å²) in [6.45, 7) is 4.92. The number of fused-ring (bicyclic) bond motifs is 1. The first-order chi connectivity index (χ1) is 10.2. The van der Waals surface area contributed by atoms with Crippen LogP contribution in [0, 0.1) is 0 Å². The molecule has 2 aromatic carbocycles. The highest BCUT2D eigenvalue weighted by atomic mass is 16.5. The number of rotatable bonds is 4. The van der Waals surface area contributed by atoms with Crippen molar-refractivity contribution < 1.29 is 9.30 Å². The Morgan fingerprint density at radius 2 is 1.57 bits per heavy atom. The van der Waals surface area contributed by atoms with Crippen LogP contribution in [0.3, 0.4) is 0 Å². The number of hydrogen-bond donors (Lipinski definition) is 0. The van der Waals surface area contributed by atoms with Gasteiger partial charge in [0, 0.05) is 17.0 Å². The van der Waals surface area contributed by atoms with Crippen molar-refractivity contribution in [3.05, 3.63) is 72.3 Å². The number of hydrogen-bond acceptors (Lipinski definition) is 1. The molecule has 0 spiro atoms. The lowest BCUT2D eigenvalue weighted by molar-refractivity contribution is -0.668. The third-order valence-electron chi connectivity index (χ3n) is 3.44. The van der Waals surface area contributed by atoms with Gasteiger partial charge in [-0.2, -0.15) is 4.57 Å². The topological polar surface area (TPSA) is 13.1 Å². The van der Waals surface area contributed by atoms with E-state index in [1.54, 1.807) is 0 Å². The van der Waals surface area contributed by atoms with E-state index in [4.69, 9.17) is 4.74 Å². The van der Waals surface area contributed by atoms with Crippen molar-refractivity contribution in [2.24, 2.45) is 0 Å². The molecule has 106 valence electrons. The summed E-state index contributed by atoms with van der Waals surface area (Å²) in [5.41, 5.74) is 2.46. The molecule has 0 aliphatic carbocycles. The molecule has 0 saturated heterocycles. The molecule has 0 saturated carbocycles.